The molecule has 0 saturated heterocycles. The zero-order valence-corrected chi connectivity index (χ0v) is 20.9. The lowest BCUT2D eigenvalue weighted by Gasteiger charge is -2.24. The Morgan fingerprint density at radius 2 is 1.51 bits per heavy atom. The van der Waals surface area contributed by atoms with Gasteiger partial charge in [0.05, 0.1) is 40.7 Å². The molecule has 0 aliphatic carbocycles. The van der Waals surface area contributed by atoms with E-state index >= 15 is 0 Å². The number of ether oxygens (including phenoxy) is 2. The summed E-state index contributed by atoms with van der Waals surface area (Å²) in [5.74, 6) is -0.339. The van der Waals surface area contributed by atoms with Gasteiger partial charge in [-0.05, 0) is 48.5 Å². The minimum Gasteiger partial charge on any atom is -0.497 e. The number of amides is 1. The van der Waals surface area contributed by atoms with Gasteiger partial charge in [0.1, 0.15) is 28.8 Å². The number of halogens is 1. The number of carbonyl (C=O) groups is 1. The van der Waals surface area contributed by atoms with Crippen LogP contribution in [0.15, 0.2) is 65.6 Å². The lowest BCUT2D eigenvalue weighted by atomic mass is 10.2. The Kier molecular flexibility index (Phi) is 8.14. The molecule has 0 aliphatic rings. The molecule has 0 bridgehead atoms. The van der Waals surface area contributed by atoms with Crippen LogP contribution < -0.4 is 19.1 Å². The Morgan fingerprint density at radius 1 is 0.919 bits per heavy atom. The quantitative estimate of drug-likeness (QED) is 0.289. The predicted octanol–water partition coefficient (Wildman–Crippen LogP) is 4.01. The van der Waals surface area contributed by atoms with E-state index in [1.807, 2.05) is 0 Å². The second-order valence-electron chi connectivity index (χ2n) is 7.27. The molecule has 0 saturated carbocycles. The first kappa shape index (κ1) is 27.2. The predicted molar refractivity (Wildman–Crippen MR) is 134 cm³/mol. The Bertz CT molecular complexity index is 1460. The molecule has 1 amide bonds. The molecule has 3 aromatic carbocycles. The highest BCUT2D eigenvalue weighted by molar-refractivity contribution is 7.92. The summed E-state index contributed by atoms with van der Waals surface area (Å²) in [6.45, 7) is -0.825. The largest absolute Gasteiger partial charge is 0.497 e. The SMILES string of the molecule is COc1ccc(N(CC(=O)Nc2ccc(OC)cc2[N+](=O)[O-])S(=O)(=O)c2ccc(Cl)c([N+](=O)[O-])c2)cc1. The number of anilines is 2. The Morgan fingerprint density at radius 3 is 2.08 bits per heavy atom. The van der Waals surface area contributed by atoms with Crippen molar-refractivity contribution in [2.45, 2.75) is 4.90 Å². The van der Waals surface area contributed by atoms with E-state index in [1.165, 1.54) is 50.6 Å². The van der Waals surface area contributed by atoms with Crippen molar-refractivity contribution < 1.29 is 32.5 Å². The van der Waals surface area contributed by atoms with Crippen LogP contribution in [0.25, 0.3) is 0 Å². The first-order chi connectivity index (χ1) is 17.5. The minimum atomic E-state index is -4.56. The molecule has 3 aromatic rings. The van der Waals surface area contributed by atoms with Gasteiger partial charge < -0.3 is 14.8 Å². The van der Waals surface area contributed by atoms with Gasteiger partial charge in [-0.15, -0.1) is 0 Å². The van der Waals surface area contributed by atoms with E-state index in [0.717, 1.165) is 24.3 Å². The number of nitro benzene ring substituents is 2. The van der Waals surface area contributed by atoms with Gasteiger partial charge in [0, 0.05) is 6.07 Å². The fourth-order valence-electron chi connectivity index (χ4n) is 3.20. The molecule has 15 heteroatoms. The highest BCUT2D eigenvalue weighted by atomic mass is 35.5. The van der Waals surface area contributed by atoms with Gasteiger partial charge in [0.2, 0.25) is 5.91 Å². The number of nitrogens with one attached hydrogen (secondary N) is 1. The molecule has 13 nitrogen and oxygen atoms in total. The van der Waals surface area contributed by atoms with Crippen molar-refractivity contribution in [3.8, 4) is 11.5 Å². The molecule has 0 heterocycles. The molecule has 0 aromatic heterocycles. The summed E-state index contributed by atoms with van der Waals surface area (Å²) in [6, 6.07) is 12.3. The lowest BCUT2D eigenvalue weighted by Crippen LogP contribution is -2.38. The Labute approximate surface area is 215 Å². The highest BCUT2D eigenvalue weighted by Crippen LogP contribution is 2.32. The van der Waals surface area contributed by atoms with Crippen LogP contribution in [-0.2, 0) is 14.8 Å². The number of carbonyl (C=O) groups excluding carboxylic acids is 1. The van der Waals surface area contributed by atoms with Crippen molar-refractivity contribution in [1.82, 2.24) is 0 Å². The molecule has 0 spiro atoms. The molecule has 0 unspecified atom stereocenters. The number of benzene rings is 3. The van der Waals surface area contributed by atoms with Gasteiger partial charge in [0.25, 0.3) is 21.4 Å². The number of methoxy groups -OCH3 is 2. The normalized spacial score (nSPS) is 10.9. The van der Waals surface area contributed by atoms with Crippen molar-refractivity contribution >= 4 is 50.3 Å². The fraction of sp³-hybridized carbons (Fsp3) is 0.136. The standard InChI is InChI=1S/C22H19ClN4O9S/c1-35-15-5-3-14(4-6-15)25(37(33,34)17-8-9-18(23)20(12-17)26(29)30)13-22(28)24-19-10-7-16(36-2)11-21(19)27(31)32/h3-12H,13H2,1-2H3,(H,24,28). The van der Waals surface area contributed by atoms with E-state index in [-0.39, 0.29) is 22.1 Å². The summed E-state index contributed by atoms with van der Waals surface area (Å²) in [4.78, 5) is 33.6. The van der Waals surface area contributed by atoms with Gasteiger partial charge in [-0.25, -0.2) is 8.42 Å². The third-order valence-corrected chi connectivity index (χ3v) is 7.12. The van der Waals surface area contributed by atoms with Crippen molar-refractivity contribution in [3.63, 3.8) is 0 Å². The molecule has 0 atom stereocenters. The average Bonchev–Trinajstić information content (AvgIpc) is 2.87. The zero-order valence-electron chi connectivity index (χ0n) is 19.3. The molecule has 3 rings (SSSR count). The maximum atomic E-state index is 13.5. The molecular formula is C22H19ClN4O9S. The van der Waals surface area contributed by atoms with Crippen LogP contribution in [0.2, 0.25) is 5.02 Å². The molecule has 1 N–H and O–H groups in total. The maximum Gasteiger partial charge on any atom is 0.296 e. The van der Waals surface area contributed by atoms with Crippen LogP contribution in [0.1, 0.15) is 0 Å². The van der Waals surface area contributed by atoms with Crippen LogP contribution >= 0.6 is 11.6 Å². The number of hydrogen-bond donors (Lipinski definition) is 1. The maximum absolute atomic E-state index is 13.5. The second-order valence-corrected chi connectivity index (χ2v) is 9.54. The number of sulfonamides is 1. The van der Waals surface area contributed by atoms with Gasteiger partial charge in [-0.1, -0.05) is 11.6 Å². The number of rotatable bonds is 10. The number of nitrogens with zero attached hydrogens (tertiary/aromatic N) is 3. The zero-order chi connectivity index (χ0) is 27.3. The average molecular weight is 551 g/mol. The van der Waals surface area contributed by atoms with Crippen molar-refractivity contribution in [1.29, 1.82) is 0 Å². The second kappa shape index (κ2) is 11.1. The van der Waals surface area contributed by atoms with Crippen LogP contribution in [-0.4, -0.2) is 44.9 Å². The summed E-state index contributed by atoms with van der Waals surface area (Å²) < 4.78 is 37.8. The van der Waals surface area contributed by atoms with Gasteiger partial charge in [-0.2, -0.15) is 0 Å². The van der Waals surface area contributed by atoms with E-state index in [0.29, 0.717) is 10.1 Å². The van der Waals surface area contributed by atoms with E-state index < -0.39 is 48.6 Å². The highest BCUT2D eigenvalue weighted by Gasteiger charge is 2.30. The van der Waals surface area contributed by atoms with Crippen LogP contribution in [0.3, 0.4) is 0 Å². The number of nitro groups is 2. The van der Waals surface area contributed by atoms with Gasteiger partial charge >= 0.3 is 0 Å². The van der Waals surface area contributed by atoms with Crippen LogP contribution in [0.4, 0.5) is 22.7 Å². The van der Waals surface area contributed by atoms with E-state index in [4.69, 9.17) is 21.1 Å². The van der Waals surface area contributed by atoms with Crippen LogP contribution in [0.5, 0.6) is 11.5 Å². The van der Waals surface area contributed by atoms with E-state index in [1.54, 1.807) is 0 Å². The third kappa shape index (κ3) is 6.05. The molecule has 0 aliphatic heterocycles. The number of hydrogen-bond acceptors (Lipinski definition) is 9. The van der Waals surface area contributed by atoms with E-state index in [9.17, 15) is 33.4 Å². The summed E-state index contributed by atoms with van der Waals surface area (Å²) in [6.07, 6.45) is 0. The topological polar surface area (TPSA) is 171 Å². The first-order valence-electron chi connectivity index (χ1n) is 10.2. The van der Waals surface area contributed by atoms with Crippen molar-refractivity contribution in [3.05, 3.63) is 85.9 Å². The Hall–Kier alpha value is -4.43. The fourth-order valence-corrected chi connectivity index (χ4v) is 4.83. The smallest absolute Gasteiger partial charge is 0.296 e. The molecule has 194 valence electrons. The monoisotopic (exact) mass is 550 g/mol. The van der Waals surface area contributed by atoms with Gasteiger partial charge in [-0.3, -0.25) is 29.3 Å². The third-order valence-electron chi connectivity index (χ3n) is 5.03. The lowest BCUT2D eigenvalue weighted by molar-refractivity contribution is -0.384. The summed E-state index contributed by atoms with van der Waals surface area (Å²) in [5, 5.41) is 24.8. The van der Waals surface area contributed by atoms with E-state index in [2.05, 4.69) is 5.32 Å². The Balaban J connectivity index is 2.03. The summed E-state index contributed by atoms with van der Waals surface area (Å²) >= 11 is 5.82. The molecule has 0 fully saturated rings. The molecule has 0 radical (unpaired) electrons. The van der Waals surface area contributed by atoms with Gasteiger partial charge in [0.15, 0.2) is 0 Å². The summed E-state index contributed by atoms with van der Waals surface area (Å²) in [5.41, 5.74) is -1.28. The van der Waals surface area contributed by atoms with Crippen molar-refractivity contribution in [2.24, 2.45) is 0 Å². The van der Waals surface area contributed by atoms with Crippen LogP contribution in [0, 0.1) is 20.2 Å². The summed E-state index contributed by atoms with van der Waals surface area (Å²) in [7, 11) is -1.83. The minimum absolute atomic E-state index is 0.0257. The first-order valence-corrected chi connectivity index (χ1v) is 12.0. The molecule has 37 heavy (non-hydrogen) atoms. The molecular weight excluding hydrogens is 532 g/mol. The van der Waals surface area contributed by atoms with Crippen molar-refractivity contribution in [2.75, 3.05) is 30.4 Å².